The number of nitrogens with one attached hydrogen (secondary N) is 2. The summed E-state index contributed by atoms with van der Waals surface area (Å²) < 4.78 is 49.4. The van der Waals surface area contributed by atoms with Crippen molar-refractivity contribution >= 4 is 38.2 Å². The SMILES string of the molecule is Cc1cc2cc(C(=O)c3cnn(-c4ccc(Oc5ccccc5F)cc4C)c3N)[nH]c2cc1NS(=O)(=O)c1cccnc1. The molecule has 0 amide bonds. The molecule has 10 nitrogen and oxygen atoms in total. The van der Waals surface area contributed by atoms with E-state index < -0.39 is 15.8 Å². The zero-order valence-corrected chi connectivity index (χ0v) is 23.8. The summed E-state index contributed by atoms with van der Waals surface area (Å²) in [6, 6.07) is 19.3. The zero-order valence-electron chi connectivity index (χ0n) is 23.0. The Morgan fingerprint density at radius 1 is 1.00 bits per heavy atom. The van der Waals surface area contributed by atoms with E-state index in [1.54, 1.807) is 61.5 Å². The number of ether oxygens (including phenoxy) is 1. The molecule has 6 rings (SSSR count). The number of para-hydroxylation sites is 1. The van der Waals surface area contributed by atoms with Gasteiger partial charge in [-0.25, -0.2) is 17.5 Å². The first-order chi connectivity index (χ1) is 20.6. The van der Waals surface area contributed by atoms with Crippen molar-refractivity contribution < 1.29 is 22.3 Å². The summed E-state index contributed by atoms with van der Waals surface area (Å²) in [7, 11) is -3.86. The van der Waals surface area contributed by atoms with Crippen LogP contribution in [0.25, 0.3) is 16.6 Å². The first kappa shape index (κ1) is 27.7. The van der Waals surface area contributed by atoms with E-state index in [1.807, 2.05) is 6.92 Å². The molecule has 43 heavy (non-hydrogen) atoms. The summed E-state index contributed by atoms with van der Waals surface area (Å²) in [5, 5.41) is 5.07. The number of carbonyl (C=O) groups excluding carboxylic acids is 1. The fourth-order valence-electron chi connectivity index (χ4n) is 4.69. The van der Waals surface area contributed by atoms with Gasteiger partial charge in [0.1, 0.15) is 16.5 Å². The number of pyridine rings is 1. The van der Waals surface area contributed by atoms with Crippen molar-refractivity contribution in [3.05, 3.63) is 120 Å². The minimum atomic E-state index is -3.86. The number of halogens is 1. The lowest BCUT2D eigenvalue weighted by Gasteiger charge is -2.12. The third-order valence-electron chi connectivity index (χ3n) is 6.91. The molecule has 3 heterocycles. The van der Waals surface area contributed by atoms with Gasteiger partial charge in [-0.3, -0.25) is 14.5 Å². The highest BCUT2D eigenvalue weighted by molar-refractivity contribution is 7.92. The van der Waals surface area contributed by atoms with E-state index in [2.05, 4.69) is 19.8 Å². The Hall–Kier alpha value is -5.49. The van der Waals surface area contributed by atoms with E-state index in [1.165, 1.54) is 41.5 Å². The van der Waals surface area contributed by atoms with Crippen molar-refractivity contribution in [2.24, 2.45) is 0 Å². The van der Waals surface area contributed by atoms with Crippen LogP contribution in [0.2, 0.25) is 0 Å². The van der Waals surface area contributed by atoms with E-state index in [4.69, 9.17) is 10.5 Å². The average molecular weight is 597 g/mol. The minimum Gasteiger partial charge on any atom is -0.454 e. The number of H-pyrrole nitrogens is 1. The standard InChI is InChI=1S/C31H25FN6O4S/c1-18-12-20-14-27(36-26(20)15-25(18)37-43(40,41)22-6-5-11-34-16-22)30(39)23-17-35-38(31(23)33)28-10-9-21(13-19(28)2)42-29-8-4-3-7-24(29)32/h3-17,36-37H,33H2,1-2H3. The smallest absolute Gasteiger partial charge is 0.263 e. The number of rotatable bonds is 8. The molecule has 0 unspecified atom stereocenters. The molecular weight excluding hydrogens is 571 g/mol. The van der Waals surface area contributed by atoms with E-state index in [-0.39, 0.29) is 33.5 Å². The number of anilines is 2. The van der Waals surface area contributed by atoms with Crippen LogP contribution < -0.4 is 15.2 Å². The normalized spacial score (nSPS) is 11.5. The second kappa shape index (κ2) is 10.7. The topological polar surface area (TPSA) is 145 Å². The molecular formula is C31H25FN6O4S. The van der Waals surface area contributed by atoms with Crippen LogP contribution in [0.1, 0.15) is 27.2 Å². The number of fused-ring (bicyclic) bond motifs is 1. The number of nitrogens with two attached hydrogens (primary N) is 1. The van der Waals surface area contributed by atoms with Crippen LogP contribution in [0.5, 0.6) is 11.5 Å². The number of aromatic nitrogens is 4. The first-order valence-corrected chi connectivity index (χ1v) is 14.6. The van der Waals surface area contributed by atoms with E-state index >= 15 is 0 Å². The molecule has 0 saturated heterocycles. The average Bonchev–Trinajstić information content (AvgIpc) is 3.57. The molecule has 0 saturated carbocycles. The van der Waals surface area contributed by atoms with Crippen LogP contribution >= 0.6 is 0 Å². The molecule has 3 aromatic heterocycles. The van der Waals surface area contributed by atoms with Gasteiger partial charge in [-0.2, -0.15) is 5.10 Å². The molecule has 0 bridgehead atoms. The Bertz CT molecular complexity index is 2120. The Morgan fingerprint density at radius 2 is 1.81 bits per heavy atom. The highest BCUT2D eigenvalue weighted by Crippen LogP contribution is 2.30. The van der Waals surface area contributed by atoms with E-state index in [0.717, 1.165) is 10.9 Å². The maximum atomic E-state index is 14.0. The third kappa shape index (κ3) is 5.31. The van der Waals surface area contributed by atoms with Crippen LogP contribution in [-0.4, -0.2) is 33.9 Å². The van der Waals surface area contributed by atoms with Gasteiger partial charge in [0.05, 0.1) is 28.8 Å². The quantitative estimate of drug-likeness (QED) is 0.185. The highest BCUT2D eigenvalue weighted by atomic mass is 32.2. The number of hydrogen-bond acceptors (Lipinski definition) is 7. The number of benzene rings is 3. The van der Waals surface area contributed by atoms with Crippen molar-refractivity contribution in [2.75, 3.05) is 10.5 Å². The predicted octanol–water partition coefficient (Wildman–Crippen LogP) is 5.91. The molecule has 0 aliphatic rings. The van der Waals surface area contributed by atoms with Gasteiger partial charge in [0, 0.05) is 23.3 Å². The van der Waals surface area contributed by atoms with Gasteiger partial charge in [-0.15, -0.1) is 0 Å². The molecule has 0 aliphatic heterocycles. The number of hydrogen-bond donors (Lipinski definition) is 3. The van der Waals surface area contributed by atoms with E-state index in [0.29, 0.717) is 28.2 Å². The van der Waals surface area contributed by atoms with Crippen molar-refractivity contribution in [3.63, 3.8) is 0 Å². The molecule has 6 aromatic rings. The van der Waals surface area contributed by atoms with Gasteiger partial charge in [0.15, 0.2) is 11.6 Å². The Kier molecular flexibility index (Phi) is 6.90. The van der Waals surface area contributed by atoms with Gasteiger partial charge in [-0.05, 0) is 85.6 Å². The monoisotopic (exact) mass is 596 g/mol. The molecule has 0 aliphatic carbocycles. The van der Waals surface area contributed by atoms with Crippen LogP contribution in [0.15, 0.2) is 96.3 Å². The zero-order chi connectivity index (χ0) is 30.3. The molecule has 0 spiro atoms. The van der Waals surface area contributed by atoms with Gasteiger partial charge < -0.3 is 15.5 Å². The summed E-state index contributed by atoms with van der Waals surface area (Å²) in [6.45, 7) is 3.60. The third-order valence-corrected chi connectivity index (χ3v) is 8.26. The minimum absolute atomic E-state index is 0.0341. The van der Waals surface area contributed by atoms with Crippen LogP contribution in [-0.2, 0) is 10.0 Å². The van der Waals surface area contributed by atoms with Crippen LogP contribution in [0.3, 0.4) is 0 Å². The number of nitrogens with zero attached hydrogens (tertiary/aromatic N) is 3. The summed E-state index contributed by atoms with van der Waals surface area (Å²) >= 11 is 0. The highest BCUT2D eigenvalue weighted by Gasteiger charge is 2.22. The summed E-state index contributed by atoms with van der Waals surface area (Å²) in [5.41, 5.74) is 9.80. The van der Waals surface area contributed by atoms with Crippen LogP contribution in [0, 0.1) is 19.7 Å². The number of aryl methyl sites for hydroxylation is 2. The molecule has 0 fully saturated rings. The summed E-state index contributed by atoms with van der Waals surface area (Å²) in [6.07, 6.45) is 4.15. The lowest BCUT2D eigenvalue weighted by Crippen LogP contribution is -2.13. The number of nitrogen functional groups attached to an aromatic ring is 1. The second-order valence-electron chi connectivity index (χ2n) is 9.90. The maximum absolute atomic E-state index is 14.0. The van der Waals surface area contributed by atoms with Gasteiger partial charge >= 0.3 is 0 Å². The molecule has 216 valence electrons. The maximum Gasteiger partial charge on any atom is 0.263 e. The van der Waals surface area contributed by atoms with Gasteiger partial charge in [0.2, 0.25) is 5.78 Å². The molecule has 0 radical (unpaired) electrons. The Labute approximate surface area is 246 Å². The number of sulfonamides is 1. The van der Waals surface area contributed by atoms with Crippen molar-refractivity contribution in [1.82, 2.24) is 19.7 Å². The number of carbonyl (C=O) groups is 1. The molecule has 12 heteroatoms. The fourth-order valence-corrected chi connectivity index (χ4v) is 5.77. The Balaban J connectivity index is 1.26. The fraction of sp³-hybridized carbons (Fsp3) is 0.0645. The lowest BCUT2D eigenvalue weighted by atomic mass is 10.1. The van der Waals surface area contributed by atoms with Crippen LogP contribution in [0.4, 0.5) is 15.9 Å². The number of ketones is 1. The van der Waals surface area contributed by atoms with Crippen molar-refractivity contribution in [2.45, 2.75) is 18.7 Å². The summed E-state index contributed by atoms with van der Waals surface area (Å²) in [4.78, 5) is 20.5. The van der Waals surface area contributed by atoms with Gasteiger partial charge in [-0.1, -0.05) is 12.1 Å². The van der Waals surface area contributed by atoms with Crippen molar-refractivity contribution in [1.29, 1.82) is 0 Å². The Morgan fingerprint density at radius 3 is 2.56 bits per heavy atom. The van der Waals surface area contributed by atoms with E-state index in [9.17, 15) is 17.6 Å². The van der Waals surface area contributed by atoms with Gasteiger partial charge in [0.25, 0.3) is 10.0 Å². The second-order valence-corrected chi connectivity index (χ2v) is 11.6. The first-order valence-electron chi connectivity index (χ1n) is 13.1. The lowest BCUT2D eigenvalue weighted by molar-refractivity contribution is 0.103. The summed E-state index contributed by atoms with van der Waals surface area (Å²) in [5.74, 6) is -0.183. The van der Waals surface area contributed by atoms with Crippen molar-refractivity contribution in [3.8, 4) is 17.2 Å². The molecule has 0 atom stereocenters. The predicted molar refractivity (Wildman–Crippen MR) is 161 cm³/mol. The molecule has 4 N–H and O–H groups in total. The number of aromatic amines is 1. The molecule has 3 aromatic carbocycles. The largest absolute Gasteiger partial charge is 0.454 e.